The number of aromatic nitrogens is 4. The Bertz CT molecular complexity index is 606. The van der Waals surface area contributed by atoms with Gasteiger partial charge in [0.1, 0.15) is 33.9 Å². The van der Waals surface area contributed by atoms with E-state index >= 15 is 0 Å². The summed E-state index contributed by atoms with van der Waals surface area (Å²) in [6, 6.07) is 0. The molecule has 0 amide bonds. The van der Waals surface area contributed by atoms with E-state index < -0.39 is 24.5 Å². The molecule has 102 valence electrons. The molecule has 19 heavy (non-hydrogen) atoms. The highest BCUT2D eigenvalue weighted by molar-refractivity contribution is 14.1. The maximum atomic E-state index is 9.98. The number of nitrogens with zero attached hydrogens (tertiary/aromatic N) is 4. The summed E-state index contributed by atoms with van der Waals surface area (Å²) in [5.74, 6) is 0. The van der Waals surface area contributed by atoms with Crippen LogP contribution in [0.25, 0.3) is 11.2 Å². The minimum atomic E-state index is -1.15. The summed E-state index contributed by atoms with van der Waals surface area (Å²) in [5, 5.41) is 28.8. The van der Waals surface area contributed by atoms with Gasteiger partial charge in [0.05, 0.1) is 12.9 Å². The number of hydrogen-bond acceptors (Lipinski definition) is 7. The van der Waals surface area contributed by atoms with Crippen LogP contribution >= 0.6 is 22.6 Å². The minimum Gasteiger partial charge on any atom is -0.394 e. The van der Waals surface area contributed by atoms with E-state index in [1.54, 1.807) is 0 Å². The Balaban J connectivity index is 2.04. The van der Waals surface area contributed by atoms with Crippen LogP contribution in [0.2, 0.25) is 0 Å². The van der Waals surface area contributed by atoms with E-state index in [0.29, 0.717) is 14.9 Å². The van der Waals surface area contributed by atoms with Crippen LogP contribution in [0.3, 0.4) is 0 Å². The van der Waals surface area contributed by atoms with Crippen molar-refractivity contribution in [2.45, 2.75) is 24.5 Å². The summed E-state index contributed by atoms with van der Waals surface area (Å²) < 4.78 is 7.66. The van der Waals surface area contributed by atoms with Gasteiger partial charge in [0.25, 0.3) is 0 Å². The summed E-state index contributed by atoms with van der Waals surface area (Å²) in [7, 11) is 0. The molecule has 3 N–H and O–H groups in total. The van der Waals surface area contributed by atoms with Crippen molar-refractivity contribution >= 4 is 33.8 Å². The average Bonchev–Trinajstić information content (AvgIpc) is 2.94. The molecular weight excluding hydrogens is 367 g/mol. The first-order valence-electron chi connectivity index (χ1n) is 5.59. The lowest BCUT2D eigenvalue weighted by Crippen LogP contribution is -2.33. The number of ether oxygens (including phenoxy) is 1. The largest absolute Gasteiger partial charge is 0.394 e. The van der Waals surface area contributed by atoms with Crippen molar-refractivity contribution in [2.75, 3.05) is 6.61 Å². The van der Waals surface area contributed by atoms with Crippen LogP contribution in [0, 0.1) is 3.70 Å². The van der Waals surface area contributed by atoms with Gasteiger partial charge in [-0.1, -0.05) is 0 Å². The van der Waals surface area contributed by atoms with Gasteiger partial charge in [-0.05, 0) is 22.6 Å². The van der Waals surface area contributed by atoms with Crippen LogP contribution < -0.4 is 0 Å². The summed E-state index contributed by atoms with van der Waals surface area (Å²) in [6.45, 7) is -0.367. The van der Waals surface area contributed by atoms with Crippen molar-refractivity contribution in [1.29, 1.82) is 0 Å². The van der Waals surface area contributed by atoms with Crippen LogP contribution in [0.1, 0.15) is 6.23 Å². The third kappa shape index (κ3) is 2.01. The summed E-state index contributed by atoms with van der Waals surface area (Å²) in [4.78, 5) is 12.3. The van der Waals surface area contributed by atoms with Gasteiger partial charge in [-0.3, -0.25) is 4.57 Å². The summed E-state index contributed by atoms with van der Waals surface area (Å²) >= 11 is 2.04. The molecule has 1 fully saturated rings. The summed E-state index contributed by atoms with van der Waals surface area (Å²) in [5.41, 5.74) is 1.11. The van der Waals surface area contributed by atoms with Gasteiger partial charge in [0.15, 0.2) is 11.9 Å². The maximum absolute atomic E-state index is 9.98. The second kappa shape index (κ2) is 4.90. The van der Waals surface area contributed by atoms with Crippen molar-refractivity contribution in [3.05, 3.63) is 16.4 Å². The molecule has 3 heterocycles. The molecule has 1 saturated heterocycles. The number of aliphatic hydroxyl groups is 3. The van der Waals surface area contributed by atoms with Crippen molar-refractivity contribution in [3.8, 4) is 0 Å². The van der Waals surface area contributed by atoms with E-state index in [9.17, 15) is 10.2 Å². The zero-order chi connectivity index (χ0) is 13.6. The SMILES string of the molecule is OC[C@@H]1O[C@@H](n2cnc3c(I)ncnc32)[C@@H](O)[C@@H]1O. The fourth-order valence-electron chi connectivity index (χ4n) is 2.12. The fourth-order valence-corrected chi connectivity index (χ4v) is 2.62. The lowest BCUT2D eigenvalue weighted by molar-refractivity contribution is -0.0511. The number of imidazole rings is 1. The lowest BCUT2D eigenvalue weighted by Gasteiger charge is -2.16. The van der Waals surface area contributed by atoms with E-state index in [0.717, 1.165) is 0 Å². The first-order chi connectivity index (χ1) is 9.13. The Morgan fingerprint density at radius 3 is 2.74 bits per heavy atom. The molecule has 0 unspecified atom stereocenters. The predicted molar refractivity (Wildman–Crippen MR) is 71.0 cm³/mol. The first kappa shape index (κ1) is 13.1. The first-order valence-corrected chi connectivity index (χ1v) is 6.67. The minimum absolute atomic E-state index is 0.367. The Hall–Kier alpha value is -0.880. The highest BCUT2D eigenvalue weighted by Crippen LogP contribution is 2.31. The monoisotopic (exact) mass is 378 g/mol. The smallest absolute Gasteiger partial charge is 0.166 e. The quantitative estimate of drug-likeness (QED) is 0.456. The number of rotatable bonds is 2. The lowest BCUT2D eigenvalue weighted by atomic mass is 10.1. The molecule has 4 atom stereocenters. The van der Waals surface area contributed by atoms with Gasteiger partial charge >= 0.3 is 0 Å². The van der Waals surface area contributed by atoms with Gasteiger partial charge in [-0.15, -0.1) is 0 Å². The Labute approximate surface area is 121 Å². The average molecular weight is 378 g/mol. The summed E-state index contributed by atoms with van der Waals surface area (Å²) in [6.07, 6.45) is -1.08. The van der Waals surface area contributed by atoms with Crippen LogP contribution in [0.4, 0.5) is 0 Å². The molecule has 3 rings (SSSR count). The van der Waals surface area contributed by atoms with E-state index in [-0.39, 0.29) is 6.61 Å². The molecule has 0 bridgehead atoms. The third-order valence-corrected chi connectivity index (χ3v) is 3.89. The van der Waals surface area contributed by atoms with E-state index in [4.69, 9.17) is 9.84 Å². The molecule has 0 spiro atoms. The molecule has 8 nitrogen and oxygen atoms in total. The molecule has 0 aromatic carbocycles. The maximum Gasteiger partial charge on any atom is 0.166 e. The normalized spacial score (nSPS) is 31.2. The predicted octanol–water partition coefficient (Wildman–Crippen LogP) is -0.958. The Morgan fingerprint density at radius 1 is 1.26 bits per heavy atom. The van der Waals surface area contributed by atoms with Crippen LogP contribution in [-0.2, 0) is 4.74 Å². The van der Waals surface area contributed by atoms with E-state index in [1.165, 1.54) is 17.2 Å². The molecule has 2 aromatic heterocycles. The van der Waals surface area contributed by atoms with E-state index in [2.05, 4.69) is 15.0 Å². The number of aliphatic hydroxyl groups excluding tert-OH is 3. The third-order valence-electron chi connectivity index (χ3n) is 3.11. The zero-order valence-corrected chi connectivity index (χ0v) is 11.7. The number of halogens is 1. The van der Waals surface area contributed by atoms with Gasteiger partial charge in [-0.25, -0.2) is 15.0 Å². The highest BCUT2D eigenvalue weighted by atomic mass is 127. The Kier molecular flexibility index (Phi) is 3.39. The van der Waals surface area contributed by atoms with Crippen molar-refractivity contribution in [1.82, 2.24) is 19.5 Å². The fraction of sp³-hybridized carbons (Fsp3) is 0.500. The van der Waals surface area contributed by atoms with Crippen LogP contribution in [0.5, 0.6) is 0 Å². The highest BCUT2D eigenvalue weighted by Gasteiger charge is 2.43. The Morgan fingerprint density at radius 2 is 2.05 bits per heavy atom. The topological polar surface area (TPSA) is 114 Å². The molecule has 0 saturated carbocycles. The molecule has 1 aliphatic rings. The number of hydrogen-bond donors (Lipinski definition) is 3. The van der Waals surface area contributed by atoms with E-state index in [1.807, 2.05) is 22.6 Å². The van der Waals surface area contributed by atoms with Gasteiger partial charge in [-0.2, -0.15) is 0 Å². The van der Waals surface area contributed by atoms with Gasteiger partial charge in [0, 0.05) is 0 Å². The second-order valence-electron chi connectivity index (χ2n) is 4.22. The standard InChI is InChI=1S/C10H11IN4O4/c11-8-5-9(13-2-12-8)15(3-14-5)10-7(18)6(17)4(1-16)19-10/h2-4,6-7,10,16-18H,1H2/t4-,6+,7-,10+/m0/s1. The molecular formula is C10H11IN4O4. The molecule has 1 aliphatic heterocycles. The molecule has 2 aromatic rings. The van der Waals surface area contributed by atoms with Crippen molar-refractivity contribution in [3.63, 3.8) is 0 Å². The molecule has 9 heteroatoms. The van der Waals surface area contributed by atoms with Crippen molar-refractivity contribution in [2.24, 2.45) is 0 Å². The number of fused-ring (bicyclic) bond motifs is 1. The second-order valence-corrected chi connectivity index (χ2v) is 5.24. The van der Waals surface area contributed by atoms with Gasteiger partial charge < -0.3 is 20.1 Å². The van der Waals surface area contributed by atoms with Crippen molar-refractivity contribution < 1.29 is 20.1 Å². The van der Waals surface area contributed by atoms with Crippen LogP contribution in [-0.4, -0.2) is 59.8 Å². The molecule has 0 radical (unpaired) electrons. The van der Waals surface area contributed by atoms with Crippen LogP contribution in [0.15, 0.2) is 12.7 Å². The molecule has 0 aliphatic carbocycles. The van der Waals surface area contributed by atoms with Gasteiger partial charge in [0.2, 0.25) is 0 Å². The zero-order valence-electron chi connectivity index (χ0n) is 9.59.